The Morgan fingerprint density at radius 1 is 1.17 bits per heavy atom. The maximum Gasteiger partial charge on any atom is 0.318 e. The van der Waals surface area contributed by atoms with Crippen molar-refractivity contribution in [2.75, 3.05) is 20.7 Å². The zero-order valence-corrected chi connectivity index (χ0v) is 22.0. The first-order chi connectivity index (χ1) is 17.3. The van der Waals surface area contributed by atoms with Crippen molar-refractivity contribution in [3.05, 3.63) is 70.5 Å². The van der Waals surface area contributed by atoms with Gasteiger partial charge in [0.25, 0.3) is 0 Å². The summed E-state index contributed by atoms with van der Waals surface area (Å²) in [6, 6.07) is 13.1. The summed E-state index contributed by atoms with van der Waals surface area (Å²) in [7, 11) is 3.94. The lowest BCUT2D eigenvalue weighted by molar-refractivity contribution is -0.144. The van der Waals surface area contributed by atoms with Gasteiger partial charge in [-0.15, -0.1) is 0 Å². The van der Waals surface area contributed by atoms with Crippen molar-refractivity contribution in [1.29, 1.82) is 0 Å². The highest BCUT2D eigenvalue weighted by Gasteiger charge is 2.64. The second-order valence-corrected chi connectivity index (χ2v) is 11.6. The summed E-state index contributed by atoms with van der Waals surface area (Å²) in [5, 5.41) is 0. The van der Waals surface area contributed by atoms with Crippen LogP contribution in [-0.4, -0.2) is 43.7 Å². The number of likely N-dealkylation sites (N-methyl/N-ethyl adjacent to an activating group) is 1. The van der Waals surface area contributed by atoms with Crippen LogP contribution in [-0.2, 0) is 27.8 Å². The number of likely N-dealkylation sites (tertiary alicyclic amines) is 1. The molecule has 1 spiro atoms. The first-order valence-corrected chi connectivity index (χ1v) is 13.4. The van der Waals surface area contributed by atoms with E-state index in [2.05, 4.69) is 62.2 Å². The molecule has 2 aromatic carbocycles. The molecular formula is C31H37NO4. The monoisotopic (exact) mass is 487 g/mol. The molecular weight excluding hydrogens is 450 g/mol. The van der Waals surface area contributed by atoms with Crippen LogP contribution in [0.2, 0.25) is 0 Å². The van der Waals surface area contributed by atoms with Gasteiger partial charge in [-0.1, -0.05) is 44.2 Å². The van der Waals surface area contributed by atoms with Crippen molar-refractivity contribution in [1.82, 2.24) is 4.90 Å². The molecule has 5 heteroatoms. The topological polar surface area (TPSA) is 48.0 Å². The highest BCUT2D eigenvalue weighted by atomic mass is 16.6. The Bertz CT molecular complexity index is 1220. The van der Waals surface area contributed by atoms with Crippen molar-refractivity contribution in [3.63, 3.8) is 0 Å². The number of benzene rings is 2. The van der Waals surface area contributed by atoms with Crippen molar-refractivity contribution in [2.45, 2.75) is 69.9 Å². The van der Waals surface area contributed by atoms with Gasteiger partial charge < -0.3 is 19.1 Å². The summed E-state index contributed by atoms with van der Waals surface area (Å²) in [6.45, 7) is 7.38. The van der Waals surface area contributed by atoms with Crippen LogP contribution in [0.3, 0.4) is 0 Å². The molecule has 5 nitrogen and oxygen atoms in total. The summed E-state index contributed by atoms with van der Waals surface area (Å²) >= 11 is 0. The predicted molar refractivity (Wildman–Crippen MR) is 140 cm³/mol. The van der Waals surface area contributed by atoms with Crippen molar-refractivity contribution in [2.24, 2.45) is 11.8 Å². The van der Waals surface area contributed by atoms with Crippen LogP contribution in [0.1, 0.15) is 61.8 Å². The Hall–Kier alpha value is -2.79. The second-order valence-electron chi connectivity index (χ2n) is 11.6. The molecule has 0 N–H and O–H groups in total. The van der Waals surface area contributed by atoms with Crippen molar-refractivity contribution in [3.8, 4) is 11.5 Å². The molecule has 190 valence electrons. The molecule has 4 aliphatic rings. The number of esters is 1. The lowest BCUT2D eigenvalue weighted by atomic mass is 9.53. The van der Waals surface area contributed by atoms with E-state index in [1.165, 1.54) is 16.7 Å². The summed E-state index contributed by atoms with van der Waals surface area (Å²) in [5.41, 5.74) is 4.77. The molecule has 0 saturated carbocycles. The number of allylic oxidation sites excluding steroid dienone is 1. The smallest absolute Gasteiger partial charge is 0.318 e. The molecule has 2 bridgehead atoms. The van der Waals surface area contributed by atoms with Crippen LogP contribution in [0, 0.1) is 11.8 Å². The third-order valence-electron chi connectivity index (χ3n) is 9.12. The number of carbonyl (C=O) groups excluding carboxylic acids is 1. The highest BCUT2D eigenvalue weighted by molar-refractivity contribution is 5.79. The maximum atomic E-state index is 13.4. The minimum absolute atomic E-state index is 0.166. The number of nitrogens with zero attached hydrogens (tertiary/aromatic N) is 1. The van der Waals surface area contributed by atoms with Gasteiger partial charge in [-0.3, -0.25) is 4.79 Å². The van der Waals surface area contributed by atoms with Gasteiger partial charge in [0.1, 0.15) is 5.76 Å². The van der Waals surface area contributed by atoms with E-state index in [0.29, 0.717) is 23.6 Å². The minimum Gasteiger partial charge on any atom is -0.493 e. The van der Waals surface area contributed by atoms with Gasteiger partial charge in [0.15, 0.2) is 17.6 Å². The summed E-state index contributed by atoms with van der Waals surface area (Å²) in [6.07, 6.45) is 5.78. The predicted octanol–water partition coefficient (Wildman–Crippen LogP) is 5.40. The van der Waals surface area contributed by atoms with Gasteiger partial charge in [-0.2, -0.15) is 0 Å². The van der Waals surface area contributed by atoms with Crippen molar-refractivity contribution < 1.29 is 19.0 Å². The Labute approximate surface area is 214 Å². The fourth-order valence-electron chi connectivity index (χ4n) is 7.32. The zero-order chi connectivity index (χ0) is 25.2. The van der Waals surface area contributed by atoms with E-state index in [-0.39, 0.29) is 23.4 Å². The van der Waals surface area contributed by atoms with E-state index >= 15 is 0 Å². The van der Waals surface area contributed by atoms with Gasteiger partial charge >= 0.3 is 5.97 Å². The normalized spacial score (nSPS) is 28.7. The molecule has 36 heavy (non-hydrogen) atoms. The molecule has 0 radical (unpaired) electrons. The molecule has 5 atom stereocenters. The standard InChI is InChI=1S/C31H37NO4/c1-18(2)16-20-6-8-21(9-7-20)19(3)30(33)35-26-13-11-23-24-17-22-10-12-25(34-5)28-27(22)31(23,29(26)36-28)14-15-32(24)4/h6-10,12-13,18-19,23-24,29H,11,14-17H2,1-5H3/t19?,23-,24+,29-,31-/m0/s1. The molecule has 2 aliphatic heterocycles. The zero-order valence-electron chi connectivity index (χ0n) is 22.0. The number of hydrogen-bond acceptors (Lipinski definition) is 5. The van der Waals surface area contributed by atoms with Gasteiger partial charge in [0.2, 0.25) is 0 Å². The van der Waals surface area contributed by atoms with Gasteiger partial charge in [0.05, 0.1) is 13.0 Å². The lowest BCUT2D eigenvalue weighted by Crippen LogP contribution is -2.63. The Kier molecular flexibility index (Phi) is 5.67. The number of carbonyl (C=O) groups is 1. The van der Waals surface area contributed by atoms with Gasteiger partial charge in [-0.05, 0) is 86.9 Å². The molecule has 2 aliphatic carbocycles. The third-order valence-corrected chi connectivity index (χ3v) is 9.12. The van der Waals surface area contributed by atoms with Crippen LogP contribution < -0.4 is 9.47 Å². The van der Waals surface area contributed by atoms with E-state index in [1.807, 2.05) is 13.0 Å². The summed E-state index contributed by atoms with van der Waals surface area (Å²) in [4.78, 5) is 15.9. The molecule has 1 unspecified atom stereocenters. The average Bonchev–Trinajstić information content (AvgIpc) is 3.22. The Morgan fingerprint density at radius 2 is 1.94 bits per heavy atom. The third kappa shape index (κ3) is 3.42. The molecule has 1 saturated heterocycles. The van der Waals surface area contributed by atoms with E-state index in [0.717, 1.165) is 49.3 Å². The Balaban J connectivity index is 1.30. The second kappa shape index (κ2) is 8.65. The van der Waals surface area contributed by atoms with E-state index in [9.17, 15) is 4.79 Å². The van der Waals surface area contributed by atoms with E-state index < -0.39 is 0 Å². The van der Waals surface area contributed by atoms with Gasteiger partial charge in [-0.25, -0.2) is 0 Å². The molecule has 2 heterocycles. The molecule has 1 fully saturated rings. The average molecular weight is 488 g/mol. The van der Waals surface area contributed by atoms with E-state index in [1.54, 1.807) is 7.11 Å². The molecule has 2 aromatic rings. The lowest BCUT2D eigenvalue weighted by Gasteiger charge is -2.56. The van der Waals surface area contributed by atoms with Crippen molar-refractivity contribution >= 4 is 5.97 Å². The molecule has 0 amide bonds. The number of piperidine rings is 1. The highest BCUT2D eigenvalue weighted by Crippen LogP contribution is 2.63. The van der Waals surface area contributed by atoms with Gasteiger partial charge in [0, 0.05) is 17.0 Å². The van der Waals surface area contributed by atoms with E-state index in [4.69, 9.17) is 14.2 Å². The quantitative estimate of drug-likeness (QED) is 0.511. The first kappa shape index (κ1) is 23.6. The molecule has 6 rings (SSSR count). The summed E-state index contributed by atoms with van der Waals surface area (Å²) in [5.74, 6) is 2.77. The molecule has 0 aromatic heterocycles. The van der Waals surface area contributed by atoms with Crippen LogP contribution in [0.4, 0.5) is 0 Å². The van der Waals surface area contributed by atoms with Crippen LogP contribution in [0.25, 0.3) is 0 Å². The first-order valence-electron chi connectivity index (χ1n) is 13.4. The Morgan fingerprint density at radius 3 is 2.67 bits per heavy atom. The number of rotatable bonds is 6. The maximum absolute atomic E-state index is 13.4. The fourth-order valence-corrected chi connectivity index (χ4v) is 7.32. The fraction of sp³-hybridized carbons (Fsp3) is 0.516. The largest absolute Gasteiger partial charge is 0.493 e. The number of hydrogen-bond donors (Lipinski definition) is 0. The SMILES string of the molecule is COc1ccc2c3c1O[C@H]1C(OC(=O)C(C)c4ccc(CC(C)C)cc4)=CC[C@H]4[C@@H](C2)N(C)CC[C@]314. The van der Waals surface area contributed by atoms with Crippen LogP contribution in [0.15, 0.2) is 48.2 Å². The summed E-state index contributed by atoms with van der Waals surface area (Å²) < 4.78 is 18.6. The number of methoxy groups -OCH3 is 1. The number of ether oxygens (including phenoxy) is 3. The van der Waals surface area contributed by atoms with Crippen LogP contribution >= 0.6 is 0 Å². The minimum atomic E-state index is -0.348. The van der Waals surface area contributed by atoms with Crippen LogP contribution in [0.5, 0.6) is 11.5 Å².